The van der Waals surface area contributed by atoms with Crippen molar-refractivity contribution >= 4 is 16.7 Å². The van der Waals surface area contributed by atoms with Crippen molar-refractivity contribution in [3.05, 3.63) is 71.9 Å². The Morgan fingerprint density at radius 1 is 0.960 bits per heavy atom. The van der Waals surface area contributed by atoms with Crippen LogP contribution in [0.4, 0.5) is 0 Å². The summed E-state index contributed by atoms with van der Waals surface area (Å²) in [5, 5.41) is 1.02. The quantitative estimate of drug-likeness (QED) is 0.692. The highest BCUT2D eigenvalue weighted by atomic mass is 16.1. The van der Waals surface area contributed by atoms with Crippen molar-refractivity contribution in [1.29, 1.82) is 0 Å². The second kappa shape index (κ2) is 7.24. The molecule has 2 aromatic carbocycles. The number of ketones is 1. The Bertz CT molecular complexity index is 847. The van der Waals surface area contributed by atoms with Gasteiger partial charge in [-0.15, -0.1) is 0 Å². The fourth-order valence-electron chi connectivity index (χ4n) is 3.89. The number of likely N-dealkylation sites (tertiary alicyclic amines) is 1. The number of rotatable bonds is 5. The molecule has 0 aliphatic carbocycles. The molecule has 1 atom stereocenters. The molecule has 0 spiro atoms. The highest BCUT2D eigenvalue weighted by molar-refractivity contribution is 6.10. The lowest BCUT2D eigenvalue weighted by Crippen LogP contribution is -2.35. The summed E-state index contributed by atoms with van der Waals surface area (Å²) in [6.45, 7) is 3.01. The van der Waals surface area contributed by atoms with E-state index in [1.165, 1.54) is 19.3 Å². The average Bonchev–Trinajstić information content (AvgIpc) is 3.11. The first-order chi connectivity index (χ1) is 12.3. The monoisotopic (exact) mass is 332 g/mol. The van der Waals surface area contributed by atoms with E-state index in [0.717, 1.165) is 41.7 Å². The molecule has 1 aliphatic heterocycles. The molecule has 2 heterocycles. The smallest absolute Gasteiger partial charge is 0.173 e. The highest BCUT2D eigenvalue weighted by Crippen LogP contribution is 2.27. The van der Waals surface area contributed by atoms with Gasteiger partial charge in [0.15, 0.2) is 5.78 Å². The van der Waals surface area contributed by atoms with Gasteiger partial charge in [0.25, 0.3) is 0 Å². The third-order valence-corrected chi connectivity index (χ3v) is 5.26. The Labute approximate surface area is 148 Å². The van der Waals surface area contributed by atoms with Crippen LogP contribution in [0.1, 0.15) is 41.1 Å². The number of hydrogen-bond acceptors (Lipinski definition) is 2. The van der Waals surface area contributed by atoms with E-state index in [1.807, 2.05) is 48.7 Å². The molecule has 3 nitrogen and oxygen atoms in total. The lowest BCUT2D eigenvalue weighted by molar-refractivity contribution is 0.0927. The maximum Gasteiger partial charge on any atom is 0.173 e. The number of carbonyl (C=O) groups excluding carboxylic acids is 1. The summed E-state index contributed by atoms with van der Waals surface area (Å²) in [7, 11) is 0. The Morgan fingerprint density at radius 2 is 1.68 bits per heavy atom. The van der Waals surface area contributed by atoms with Gasteiger partial charge in [0.05, 0.1) is 5.92 Å². The van der Waals surface area contributed by atoms with Crippen LogP contribution >= 0.6 is 0 Å². The third-order valence-electron chi connectivity index (χ3n) is 5.26. The first-order valence-electron chi connectivity index (χ1n) is 9.20. The second-order valence-electron chi connectivity index (χ2n) is 6.94. The van der Waals surface area contributed by atoms with E-state index in [9.17, 15) is 4.79 Å². The van der Waals surface area contributed by atoms with E-state index < -0.39 is 0 Å². The number of nitrogens with zero attached hydrogens (tertiary/aromatic N) is 1. The zero-order valence-electron chi connectivity index (χ0n) is 14.4. The topological polar surface area (TPSA) is 36.1 Å². The van der Waals surface area contributed by atoms with E-state index in [4.69, 9.17) is 0 Å². The molecule has 0 radical (unpaired) electrons. The van der Waals surface area contributed by atoms with Crippen LogP contribution in [0.2, 0.25) is 0 Å². The SMILES string of the molecule is O=C(c1c[nH]c2ccccc12)[C@@H](CN1CCCCC1)c1ccccc1. The van der Waals surface area contributed by atoms with Crippen LogP contribution in [-0.4, -0.2) is 35.3 Å². The number of nitrogens with one attached hydrogen (secondary N) is 1. The standard InChI is InChI=1S/C22H24N2O/c25-22(19-15-23-21-12-6-5-11-18(19)21)20(17-9-3-1-4-10-17)16-24-13-7-2-8-14-24/h1,3-6,9-12,15,20,23H,2,7-8,13-14,16H2/t20-/m0/s1. The molecule has 0 unspecified atom stereocenters. The number of aromatic nitrogens is 1. The largest absolute Gasteiger partial charge is 0.360 e. The number of hydrogen-bond donors (Lipinski definition) is 1. The molecule has 1 aliphatic rings. The van der Waals surface area contributed by atoms with Gasteiger partial charge in [0.2, 0.25) is 0 Å². The highest BCUT2D eigenvalue weighted by Gasteiger charge is 2.27. The summed E-state index contributed by atoms with van der Waals surface area (Å²) in [5.41, 5.74) is 2.94. The minimum Gasteiger partial charge on any atom is -0.360 e. The van der Waals surface area contributed by atoms with Gasteiger partial charge in [-0.25, -0.2) is 0 Å². The van der Waals surface area contributed by atoms with Crippen LogP contribution < -0.4 is 0 Å². The molecule has 25 heavy (non-hydrogen) atoms. The number of para-hydroxylation sites is 1. The van der Waals surface area contributed by atoms with Crippen LogP contribution in [0.5, 0.6) is 0 Å². The molecule has 1 fully saturated rings. The number of fused-ring (bicyclic) bond motifs is 1. The molecule has 128 valence electrons. The van der Waals surface area contributed by atoms with Gasteiger partial charge >= 0.3 is 0 Å². The zero-order valence-corrected chi connectivity index (χ0v) is 14.4. The summed E-state index contributed by atoms with van der Waals surface area (Å²) in [6, 6.07) is 18.3. The second-order valence-corrected chi connectivity index (χ2v) is 6.94. The molecule has 1 saturated heterocycles. The third kappa shape index (κ3) is 3.38. The zero-order chi connectivity index (χ0) is 17.1. The number of Topliss-reactive ketones (excluding diaryl/α,β-unsaturated/α-hetero) is 1. The lowest BCUT2D eigenvalue weighted by atomic mass is 9.89. The van der Waals surface area contributed by atoms with Crippen LogP contribution in [0.25, 0.3) is 10.9 Å². The minimum atomic E-state index is -0.112. The van der Waals surface area contributed by atoms with Crippen molar-refractivity contribution in [1.82, 2.24) is 9.88 Å². The van der Waals surface area contributed by atoms with E-state index in [1.54, 1.807) is 0 Å². The molecule has 0 saturated carbocycles. The number of H-pyrrole nitrogens is 1. The maximum absolute atomic E-state index is 13.4. The van der Waals surface area contributed by atoms with Crippen molar-refractivity contribution in [3.8, 4) is 0 Å². The van der Waals surface area contributed by atoms with Gasteiger partial charge in [-0.1, -0.05) is 55.0 Å². The molecule has 0 amide bonds. The predicted molar refractivity (Wildman–Crippen MR) is 102 cm³/mol. The molecule has 3 heteroatoms. The van der Waals surface area contributed by atoms with E-state index in [0.29, 0.717) is 0 Å². The van der Waals surface area contributed by atoms with Gasteiger partial charge < -0.3 is 9.88 Å². The lowest BCUT2D eigenvalue weighted by Gasteiger charge is -2.30. The number of benzene rings is 2. The summed E-state index contributed by atoms with van der Waals surface area (Å²) < 4.78 is 0. The Balaban J connectivity index is 1.68. The predicted octanol–water partition coefficient (Wildman–Crippen LogP) is 4.62. The van der Waals surface area contributed by atoms with Gasteiger partial charge in [0.1, 0.15) is 0 Å². The summed E-state index contributed by atoms with van der Waals surface area (Å²) >= 11 is 0. The fraction of sp³-hybridized carbons (Fsp3) is 0.318. The van der Waals surface area contributed by atoms with Gasteiger partial charge in [-0.2, -0.15) is 0 Å². The van der Waals surface area contributed by atoms with Crippen molar-refractivity contribution in [2.24, 2.45) is 0 Å². The van der Waals surface area contributed by atoms with Crippen molar-refractivity contribution in [2.75, 3.05) is 19.6 Å². The normalized spacial score (nSPS) is 16.8. The number of carbonyl (C=O) groups is 1. The van der Waals surface area contributed by atoms with Gasteiger partial charge in [0, 0.05) is 29.2 Å². The van der Waals surface area contributed by atoms with E-state index in [2.05, 4.69) is 22.0 Å². The van der Waals surface area contributed by atoms with Crippen molar-refractivity contribution < 1.29 is 4.79 Å². The van der Waals surface area contributed by atoms with Gasteiger partial charge in [-0.05, 0) is 37.6 Å². The Morgan fingerprint density at radius 3 is 2.48 bits per heavy atom. The summed E-state index contributed by atoms with van der Waals surface area (Å²) in [4.78, 5) is 19.1. The molecular formula is C22H24N2O. The fourth-order valence-corrected chi connectivity index (χ4v) is 3.89. The number of piperidine rings is 1. The molecule has 3 aromatic rings. The Hall–Kier alpha value is -2.39. The minimum absolute atomic E-state index is 0.112. The molecule has 1 N–H and O–H groups in total. The molecule has 4 rings (SSSR count). The molecule has 0 bridgehead atoms. The summed E-state index contributed by atoms with van der Waals surface area (Å²) in [5.74, 6) is 0.104. The van der Waals surface area contributed by atoms with Crippen LogP contribution in [0, 0.1) is 0 Å². The molecule has 1 aromatic heterocycles. The number of aromatic amines is 1. The average molecular weight is 332 g/mol. The van der Waals surface area contributed by atoms with Crippen molar-refractivity contribution in [3.63, 3.8) is 0 Å². The van der Waals surface area contributed by atoms with Crippen LogP contribution in [0.15, 0.2) is 60.8 Å². The maximum atomic E-state index is 13.4. The van der Waals surface area contributed by atoms with Crippen molar-refractivity contribution in [2.45, 2.75) is 25.2 Å². The van der Waals surface area contributed by atoms with Gasteiger partial charge in [-0.3, -0.25) is 4.79 Å². The molecular weight excluding hydrogens is 308 g/mol. The first-order valence-corrected chi connectivity index (χ1v) is 9.20. The summed E-state index contributed by atoms with van der Waals surface area (Å²) in [6.07, 6.45) is 5.66. The van der Waals surface area contributed by atoms with E-state index >= 15 is 0 Å². The first kappa shape index (κ1) is 16.1. The van der Waals surface area contributed by atoms with E-state index in [-0.39, 0.29) is 11.7 Å². The Kier molecular flexibility index (Phi) is 4.66. The van der Waals surface area contributed by atoms with Crippen LogP contribution in [0.3, 0.4) is 0 Å². The van der Waals surface area contributed by atoms with Crippen LogP contribution in [-0.2, 0) is 0 Å².